The van der Waals surface area contributed by atoms with Crippen LogP contribution in [0.3, 0.4) is 0 Å². The van der Waals surface area contributed by atoms with E-state index < -0.39 is 0 Å². The van der Waals surface area contributed by atoms with Crippen LogP contribution >= 0.6 is 0 Å². The predicted molar refractivity (Wildman–Crippen MR) is 60.0 cm³/mol. The van der Waals surface area contributed by atoms with Gasteiger partial charge >= 0.3 is 0 Å². The highest BCUT2D eigenvalue weighted by Gasteiger charge is 2.36. The van der Waals surface area contributed by atoms with E-state index in [2.05, 4.69) is 11.4 Å². The van der Waals surface area contributed by atoms with Gasteiger partial charge in [0.1, 0.15) is 5.82 Å². The van der Waals surface area contributed by atoms with Gasteiger partial charge in [0.25, 0.3) is 0 Å². The standard InChI is InChI=1S/C13H15FN2/c14-12-4-1-3-11(7-12)8-16-10-13(9-15)5-2-6-13/h1,3-4,7,16H,2,5-6,8,10H2. The molecule has 1 aliphatic rings. The van der Waals surface area contributed by atoms with Crippen LogP contribution in [0.1, 0.15) is 24.8 Å². The molecule has 2 nitrogen and oxygen atoms in total. The lowest BCUT2D eigenvalue weighted by Crippen LogP contribution is -2.38. The van der Waals surface area contributed by atoms with Gasteiger partial charge in [0.05, 0.1) is 11.5 Å². The molecule has 0 unspecified atom stereocenters. The molecule has 0 heterocycles. The lowest BCUT2D eigenvalue weighted by molar-refractivity contribution is 0.206. The quantitative estimate of drug-likeness (QED) is 0.843. The molecule has 0 spiro atoms. The van der Waals surface area contributed by atoms with E-state index in [1.807, 2.05) is 6.07 Å². The van der Waals surface area contributed by atoms with Crippen molar-refractivity contribution in [1.82, 2.24) is 5.32 Å². The topological polar surface area (TPSA) is 35.8 Å². The van der Waals surface area contributed by atoms with E-state index in [-0.39, 0.29) is 11.2 Å². The second-order valence-electron chi connectivity index (χ2n) is 4.48. The second-order valence-corrected chi connectivity index (χ2v) is 4.48. The molecular formula is C13H15FN2. The molecule has 1 aromatic carbocycles. The molecule has 0 atom stereocenters. The average Bonchev–Trinajstić information content (AvgIpc) is 2.22. The van der Waals surface area contributed by atoms with Crippen molar-refractivity contribution >= 4 is 0 Å². The number of rotatable bonds is 4. The van der Waals surface area contributed by atoms with Crippen LogP contribution in [0.2, 0.25) is 0 Å². The Morgan fingerprint density at radius 2 is 2.25 bits per heavy atom. The fourth-order valence-electron chi connectivity index (χ4n) is 2.02. The Bertz CT molecular complexity index is 405. The van der Waals surface area contributed by atoms with E-state index in [9.17, 15) is 4.39 Å². The predicted octanol–water partition coefficient (Wildman–Crippen LogP) is 2.61. The highest BCUT2D eigenvalue weighted by Crippen LogP contribution is 2.39. The zero-order valence-electron chi connectivity index (χ0n) is 9.17. The largest absolute Gasteiger partial charge is 0.311 e. The summed E-state index contributed by atoms with van der Waals surface area (Å²) in [6.07, 6.45) is 3.12. The van der Waals surface area contributed by atoms with E-state index in [1.54, 1.807) is 6.07 Å². The number of hydrogen-bond donors (Lipinski definition) is 1. The Morgan fingerprint density at radius 3 is 2.81 bits per heavy atom. The number of nitrogens with zero attached hydrogens (tertiary/aromatic N) is 1. The minimum atomic E-state index is -0.210. The van der Waals surface area contributed by atoms with Crippen LogP contribution in [-0.2, 0) is 6.54 Å². The SMILES string of the molecule is N#CC1(CNCc2cccc(F)c2)CCC1. The van der Waals surface area contributed by atoms with Gasteiger partial charge in [-0.05, 0) is 30.5 Å². The minimum absolute atomic E-state index is 0.159. The first kappa shape index (κ1) is 11.1. The summed E-state index contributed by atoms with van der Waals surface area (Å²) in [6.45, 7) is 1.33. The zero-order valence-corrected chi connectivity index (χ0v) is 9.17. The molecule has 16 heavy (non-hydrogen) atoms. The van der Waals surface area contributed by atoms with Crippen LogP contribution < -0.4 is 5.32 Å². The molecule has 1 N–H and O–H groups in total. The Morgan fingerprint density at radius 1 is 1.44 bits per heavy atom. The maximum absolute atomic E-state index is 12.9. The first-order valence-electron chi connectivity index (χ1n) is 5.61. The number of nitriles is 1. The number of halogens is 1. The van der Waals surface area contributed by atoms with Gasteiger partial charge in [-0.25, -0.2) is 4.39 Å². The molecule has 0 bridgehead atoms. The molecule has 1 aromatic rings. The van der Waals surface area contributed by atoms with Crippen molar-refractivity contribution in [2.24, 2.45) is 5.41 Å². The maximum atomic E-state index is 12.9. The van der Waals surface area contributed by atoms with E-state index in [1.165, 1.54) is 12.1 Å². The van der Waals surface area contributed by atoms with Gasteiger partial charge in [-0.3, -0.25) is 0 Å². The lowest BCUT2D eigenvalue weighted by Gasteiger charge is -2.35. The molecule has 0 radical (unpaired) electrons. The Labute approximate surface area is 95.1 Å². The average molecular weight is 218 g/mol. The van der Waals surface area contributed by atoms with Gasteiger partial charge in [0.2, 0.25) is 0 Å². The molecule has 1 fully saturated rings. The summed E-state index contributed by atoms with van der Waals surface area (Å²) in [6, 6.07) is 8.92. The van der Waals surface area contributed by atoms with Crippen LogP contribution in [-0.4, -0.2) is 6.54 Å². The fraction of sp³-hybridized carbons (Fsp3) is 0.462. The normalized spacial score (nSPS) is 17.5. The summed E-state index contributed by atoms with van der Waals surface area (Å²) in [5, 5.41) is 12.3. The summed E-state index contributed by atoms with van der Waals surface area (Å²) in [4.78, 5) is 0. The summed E-state index contributed by atoms with van der Waals surface area (Å²) in [7, 11) is 0. The van der Waals surface area contributed by atoms with Gasteiger partial charge in [0, 0.05) is 13.1 Å². The first-order valence-corrected chi connectivity index (χ1v) is 5.61. The summed E-state index contributed by atoms with van der Waals surface area (Å²) in [5.41, 5.74) is 0.764. The van der Waals surface area contributed by atoms with Crippen LogP contribution in [0.25, 0.3) is 0 Å². The third-order valence-electron chi connectivity index (χ3n) is 3.23. The van der Waals surface area contributed by atoms with Crippen molar-refractivity contribution in [1.29, 1.82) is 5.26 Å². The Kier molecular flexibility index (Phi) is 3.21. The van der Waals surface area contributed by atoms with E-state index in [0.29, 0.717) is 13.1 Å². The Hall–Kier alpha value is -1.40. The first-order chi connectivity index (χ1) is 7.74. The van der Waals surface area contributed by atoms with Crippen LogP contribution in [0.4, 0.5) is 4.39 Å². The smallest absolute Gasteiger partial charge is 0.123 e. The van der Waals surface area contributed by atoms with Gasteiger partial charge in [-0.1, -0.05) is 18.6 Å². The van der Waals surface area contributed by atoms with Gasteiger partial charge in [-0.2, -0.15) is 5.26 Å². The van der Waals surface area contributed by atoms with E-state index >= 15 is 0 Å². The van der Waals surface area contributed by atoms with Crippen LogP contribution in [0, 0.1) is 22.6 Å². The number of hydrogen-bond acceptors (Lipinski definition) is 2. The second kappa shape index (κ2) is 4.63. The Balaban J connectivity index is 1.82. The van der Waals surface area contributed by atoms with Crippen molar-refractivity contribution in [3.63, 3.8) is 0 Å². The fourth-order valence-corrected chi connectivity index (χ4v) is 2.02. The third-order valence-corrected chi connectivity index (χ3v) is 3.23. The monoisotopic (exact) mass is 218 g/mol. The molecule has 1 aliphatic carbocycles. The summed E-state index contributed by atoms with van der Waals surface area (Å²) in [5.74, 6) is -0.210. The van der Waals surface area contributed by atoms with Gasteiger partial charge in [0.15, 0.2) is 0 Å². The van der Waals surface area contributed by atoms with Gasteiger partial charge in [-0.15, -0.1) is 0 Å². The summed E-state index contributed by atoms with van der Waals surface area (Å²) < 4.78 is 12.9. The molecule has 84 valence electrons. The van der Waals surface area contributed by atoms with Crippen LogP contribution in [0.5, 0.6) is 0 Å². The van der Waals surface area contributed by atoms with Crippen molar-refractivity contribution in [2.45, 2.75) is 25.8 Å². The number of nitrogens with one attached hydrogen (secondary N) is 1. The molecule has 0 aliphatic heterocycles. The lowest BCUT2D eigenvalue weighted by atomic mass is 9.70. The van der Waals surface area contributed by atoms with Gasteiger partial charge < -0.3 is 5.32 Å². The van der Waals surface area contributed by atoms with E-state index in [4.69, 9.17) is 5.26 Å². The van der Waals surface area contributed by atoms with Crippen molar-refractivity contribution in [2.75, 3.05) is 6.54 Å². The molecule has 2 rings (SSSR count). The molecule has 1 saturated carbocycles. The summed E-state index contributed by atoms with van der Waals surface area (Å²) >= 11 is 0. The number of benzene rings is 1. The molecule has 0 aromatic heterocycles. The molecule has 3 heteroatoms. The van der Waals surface area contributed by atoms with Crippen molar-refractivity contribution < 1.29 is 4.39 Å². The minimum Gasteiger partial charge on any atom is -0.311 e. The van der Waals surface area contributed by atoms with E-state index in [0.717, 1.165) is 24.8 Å². The highest BCUT2D eigenvalue weighted by molar-refractivity contribution is 5.16. The highest BCUT2D eigenvalue weighted by atomic mass is 19.1. The third kappa shape index (κ3) is 2.40. The maximum Gasteiger partial charge on any atom is 0.123 e. The molecule has 0 amide bonds. The molecule has 0 saturated heterocycles. The van der Waals surface area contributed by atoms with Crippen molar-refractivity contribution in [3.05, 3.63) is 35.6 Å². The zero-order chi connectivity index (χ0) is 11.4. The van der Waals surface area contributed by atoms with Crippen LogP contribution in [0.15, 0.2) is 24.3 Å². The molecular weight excluding hydrogens is 203 g/mol. The van der Waals surface area contributed by atoms with Crippen molar-refractivity contribution in [3.8, 4) is 6.07 Å².